The first kappa shape index (κ1) is 15.8. The molecule has 0 radical (unpaired) electrons. The highest BCUT2D eigenvalue weighted by atomic mass is 16.4. The lowest BCUT2D eigenvalue weighted by Gasteiger charge is -2.36. The quantitative estimate of drug-likeness (QED) is 0.717. The van der Waals surface area contributed by atoms with Gasteiger partial charge in [-0.2, -0.15) is 0 Å². The Bertz CT molecular complexity index is 323. The smallest absolute Gasteiger partial charge is 0.329 e. The summed E-state index contributed by atoms with van der Waals surface area (Å²) >= 11 is 0. The minimum absolute atomic E-state index is 0.364. The van der Waals surface area contributed by atoms with Gasteiger partial charge in [0.25, 0.3) is 0 Å². The first-order valence-corrected chi connectivity index (χ1v) is 7.19. The van der Waals surface area contributed by atoms with Gasteiger partial charge in [-0.15, -0.1) is 0 Å². The summed E-state index contributed by atoms with van der Waals surface area (Å²) in [5.74, 6) is 0.0217. The molecule has 1 aliphatic carbocycles. The number of hydrogen-bond donors (Lipinski definition) is 3. The van der Waals surface area contributed by atoms with Crippen LogP contribution in [0, 0.1) is 11.8 Å². The van der Waals surface area contributed by atoms with Gasteiger partial charge in [-0.25, -0.2) is 9.59 Å². The summed E-state index contributed by atoms with van der Waals surface area (Å²) in [6, 6.07) is -0.364. The summed E-state index contributed by atoms with van der Waals surface area (Å²) in [5.41, 5.74) is -1.08. The van der Waals surface area contributed by atoms with E-state index < -0.39 is 11.5 Å². The molecule has 110 valence electrons. The Morgan fingerprint density at radius 1 is 1.37 bits per heavy atom. The average molecular weight is 270 g/mol. The lowest BCUT2D eigenvalue weighted by molar-refractivity contribution is -0.146. The van der Waals surface area contributed by atoms with Gasteiger partial charge in [-0.05, 0) is 37.5 Å². The first-order chi connectivity index (χ1) is 8.89. The number of carboxylic acids is 1. The molecule has 0 heterocycles. The lowest BCUT2D eigenvalue weighted by Crippen LogP contribution is -2.58. The van der Waals surface area contributed by atoms with Crippen LogP contribution in [0.3, 0.4) is 0 Å². The number of carbonyl (C=O) groups excluding carboxylic acids is 1. The van der Waals surface area contributed by atoms with Crippen molar-refractivity contribution < 1.29 is 14.7 Å². The van der Waals surface area contributed by atoms with E-state index in [2.05, 4.69) is 31.4 Å². The summed E-state index contributed by atoms with van der Waals surface area (Å²) in [6.45, 7) is 6.81. The van der Waals surface area contributed by atoms with Gasteiger partial charge in [-0.3, -0.25) is 0 Å². The van der Waals surface area contributed by atoms with Crippen molar-refractivity contribution in [2.24, 2.45) is 11.8 Å². The Morgan fingerprint density at radius 3 is 2.42 bits per heavy atom. The van der Waals surface area contributed by atoms with E-state index in [1.54, 1.807) is 0 Å². The third-order valence-electron chi connectivity index (χ3n) is 4.20. The zero-order chi connectivity index (χ0) is 14.5. The van der Waals surface area contributed by atoms with Gasteiger partial charge in [-0.1, -0.05) is 27.2 Å². The van der Waals surface area contributed by atoms with Crippen LogP contribution in [0.1, 0.15) is 52.9 Å². The molecule has 1 unspecified atom stereocenters. The van der Waals surface area contributed by atoms with Crippen molar-refractivity contribution in [1.29, 1.82) is 0 Å². The predicted octanol–water partition coefficient (Wildman–Crippen LogP) is 2.37. The Kier molecular flexibility index (Phi) is 5.63. The summed E-state index contributed by atoms with van der Waals surface area (Å²) in [7, 11) is 0. The number of nitrogens with one attached hydrogen (secondary N) is 2. The zero-order valence-electron chi connectivity index (χ0n) is 12.2. The Labute approximate surface area is 115 Å². The minimum Gasteiger partial charge on any atom is -0.480 e. The van der Waals surface area contributed by atoms with Crippen LogP contribution in [0.15, 0.2) is 0 Å². The van der Waals surface area contributed by atoms with Gasteiger partial charge < -0.3 is 15.7 Å². The third-order valence-corrected chi connectivity index (χ3v) is 4.20. The monoisotopic (exact) mass is 270 g/mol. The van der Waals surface area contributed by atoms with Crippen molar-refractivity contribution in [3.63, 3.8) is 0 Å². The highest BCUT2D eigenvalue weighted by Gasteiger charge is 2.42. The van der Waals surface area contributed by atoms with Gasteiger partial charge in [0.2, 0.25) is 0 Å². The summed E-state index contributed by atoms with van der Waals surface area (Å²) in [4.78, 5) is 23.3. The normalized spacial score (nSPS) is 28.5. The van der Waals surface area contributed by atoms with Crippen LogP contribution in [0.4, 0.5) is 4.79 Å². The molecule has 0 bridgehead atoms. The van der Waals surface area contributed by atoms with Crippen LogP contribution in [-0.4, -0.2) is 29.2 Å². The van der Waals surface area contributed by atoms with E-state index in [-0.39, 0.29) is 6.03 Å². The molecule has 0 saturated heterocycles. The van der Waals surface area contributed by atoms with E-state index in [0.29, 0.717) is 31.2 Å². The van der Waals surface area contributed by atoms with Gasteiger partial charge in [0.15, 0.2) is 0 Å². The van der Waals surface area contributed by atoms with E-state index in [0.717, 1.165) is 19.3 Å². The van der Waals surface area contributed by atoms with Crippen molar-refractivity contribution in [2.45, 2.75) is 58.4 Å². The van der Waals surface area contributed by atoms with Gasteiger partial charge in [0, 0.05) is 6.54 Å². The zero-order valence-corrected chi connectivity index (χ0v) is 12.2. The van der Waals surface area contributed by atoms with Gasteiger partial charge in [0.1, 0.15) is 5.54 Å². The van der Waals surface area contributed by atoms with Crippen molar-refractivity contribution >= 4 is 12.0 Å². The van der Waals surface area contributed by atoms with Gasteiger partial charge >= 0.3 is 12.0 Å². The van der Waals surface area contributed by atoms with E-state index >= 15 is 0 Å². The number of carbonyl (C=O) groups is 2. The van der Waals surface area contributed by atoms with Crippen molar-refractivity contribution in [2.75, 3.05) is 6.54 Å². The van der Waals surface area contributed by atoms with Crippen LogP contribution < -0.4 is 10.6 Å². The molecule has 0 aliphatic heterocycles. The van der Waals surface area contributed by atoms with Crippen LogP contribution in [0.25, 0.3) is 0 Å². The molecule has 1 atom stereocenters. The summed E-state index contributed by atoms with van der Waals surface area (Å²) in [5, 5.41) is 14.8. The molecule has 19 heavy (non-hydrogen) atoms. The highest BCUT2D eigenvalue weighted by molar-refractivity contribution is 5.86. The number of amides is 2. The number of carboxylic acid groups (broad SMARTS) is 1. The van der Waals surface area contributed by atoms with Crippen molar-refractivity contribution in [1.82, 2.24) is 10.6 Å². The van der Waals surface area contributed by atoms with Crippen molar-refractivity contribution in [3.8, 4) is 0 Å². The highest BCUT2D eigenvalue weighted by Crippen LogP contribution is 2.32. The maximum atomic E-state index is 11.8. The minimum atomic E-state index is -1.08. The molecule has 2 amide bonds. The molecular weight excluding hydrogens is 244 g/mol. The molecule has 1 rings (SSSR count). The van der Waals surface area contributed by atoms with Crippen molar-refractivity contribution in [3.05, 3.63) is 0 Å². The molecule has 3 N–H and O–H groups in total. The van der Waals surface area contributed by atoms with E-state index in [9.17, 15) is 14.7 Å². The molecular formula is C14H26N2O3. The van der Waals surface area contributed by atoms with Gasteiger partial charge in [0.05, 0.1) is 0 Å². The molecule has 0 aromatic heterocycles. The number of aliphatic carboxylic acids is 1. The fourth-order valence-electron chi connectivity index (χ4n) is 2.32. The Hall–Kier alpha value is -1.26. The van der Waals surface area contributed by atoms with E-state index in [1.807, 2.05) is 0 Å². The average Bonchev–Trinajstić information content (AvgIpc) is 2.38. The topological polar surface area (TPSA) is 78.4 Å². The third kappa shape index (κ3) is 4.40. The number of hydrogen-bond acceptors (Lipinski definition) is 2. The number of urea groups is 1. The molecule has 0 aromatic carbocycles. The molecule has 1 saturated carbocycles. The fourth-order valence-corrected chi connectivity index (χ4v) is 2.32. The maximum absolute atomic E-state index is 11.8. The van der Waals surface area contributed by atoms with Crippen LogP contribution in [0.5, 0.6) is 0 Å². The second kappa shape index (κ2) is 6.78. The lowest BCUT2D eigenvalue weighted by atomic mass is 9.77. The Balaban J connectivity index is 2.54. The summed E-state index contributed by atoms with van der Waals surface area (Å²) < 4.78 is 0. The van der Waals surface area contributed by atoms with E-state index in [4.69, 9.17) is 0 Å². The largest absolute Gasteiger partial charge is 0.480 e. The molecule has 5 nitrogen and oxygen atoms in total. The van der Waals surface area contributed by atoms with Crippen LogP contribution >= 0.6 is 0 Å². The molecule has 1 fully saturated rings. The van der Waals surface area contributed by atoms with Crippen LogP contribution in [-0.2, 0) is 4.79 Å². The maximum Gasteiger partial charge on any atom is 0.329 e. The second-order valence-corrected chi connectivity index (χ2v) is 5.92. The molecule has 1 aliphatic rings. The fraction of sp³-hybridized carbons (Fsp3) is 0.857. The SMILES string of the molecule is CCC(C)CNC(=O)NC1(C(=O)O)CCC(C)CC1. The predicted molar refractivity (Wildman–Crippen MR) is 74.0 cm³/mol. The summed E-state index contributed by atoms with van der Waals surface area (Å²) in [6.07, 6.45) is 3.71. The molecule has 5 heteroatoms. The standard InChI is InChI=1S/C14H26N2O3/c1-4-10(2)9-15-13(19)16-14(12(17)18)7-5-11(3)6-8-14/h10-11H,4-9H2,1-3H3,(H,17,18)(H2,15,16,19). The van der Waals surface area contributed by atoms with E-state index in [1.165, 1.54) is 0 Å². The second-order valence-electron chi connectivity index (χ2n) is 5.92. The van der Waals surface area contributed by atoms with Crippen LogP contribution in [0.2, 0.25) is 0 Å². The molecule has 0 spiro atoms. The molecule has 0 aromatic rings. The number of rotatable bonds is 5. The Morgan fingerprint density at radius 2 is 1.95 bits per heavy atom. The first-order valence-electron chi connectivity index (χ1n) is 7.19.